The monoisotopic (exact) mass is 424 g/mol. The molecule has 1 aromatic carbocycles. The van der Waals surface area contributed by atoms with Gasteiger partial charge in [0.1, 0.15) is 4.88 Å². The van der Waals surface area contributed by atoms with Crippen LogP contribution < -0.4 is 10.9 Å². The van der Waals surface area contributed by atoms with Crippen LogP contribution in [0.25, 0.3) is 0 Å². The van der Waals surface area contributed by atoms with E-state index in [4.69, 9.17) is 0 Å². The van der Waals surface area contributed by atoms with Gasteiger partial charge in [-0.15, -0.1) is 11.3 Å². The van der Waals surface area contributed by atoms with Gasteiger partial charge in [-0.3, -0.25) is 20.4 Å². The molecule has 152 valence electrons. The van der Waals surface area contributed by atoms with Crippen molar-refractivity contribution in [3.63, 3.8) is 0 Å². The zero-order valence-electron chi connectivity index (χ0n) is 16.4. The minimum absolute atomic E-state index is 0.0962. The number of sulfonamides is 1. The molecule has 2 rings (SSSR count). The molecule has 0 aliphatic rings. The highest BCUT2D eigenvalue weighted by molar-refractivity contribution is 7.89. The summed E-state index contributed by atoms with van der Waals surface area (Å²) in [7, 11) is -2.50. The van der Waals surface area contributed by atoms with E-state index in [9.17, 15) is 18.0 Å². The number of thiazole rings is 1. The first kappa shape index (κ1) is 22.0. The van der Waals surface area contributed by atoms with Crippen LogP contribution >= 0.6 is 11.3 Å². The van der Waals surface area contributed by atoms with Crippen molar-refractivity contribution in [1.29, 1.82) is 0 Å². The minimum atomic E-state index is -3.80. The van der Waals surface area contributed by atoms with E-state index in [1.54, 1.807) is 19.1 Å². The molecule has 0 spiro atoms. The van der Waals surface area contributed by atoms with Gasteiger partial charge in [-0.2, -0.15) is 4.31 Å². The fraction of sp³-hybridized carbons (Fsp3) is 0.389. The van der Waals surface area contributed by atoms with Gasteiger partial charge in [0.05, 0.1) is 22.1 Å². The van der Waals surface area contributed by atoms with Crippen LogP contribution in [0.3, 0.4) is 0 Å². The number of hydrogen-bond acceptors (Lipinski definition) is 6. The van der Waals surface area contributed by atoms with Crippen molar-refractivity contribution in [3.8, 4) is 0 Å². The van der Waals surface area contributed by atoms with Gasteiger partial charge in [0.15, 0.2) is 0 Å². The molecular weight excluding hydrogens is 400 g/mol. The predicted molar refractivity (Wildman–Crippen MR) is 108 cm³/mol. The number of hydrogen-bond donors (Lipinski definition) is 2. The van der Waals surface area contributed by atoms with Crippen molar-refractivity contribution in [1.82, 2.24) is 20.1 Å². The number of carbonyl (C=O) groups is 2. The lowest BCUT2D eigenvalue weighted by Crippen LogP contribution is -2.46. The Kier molecular flexibility index (Phi) is 6.91. The van der Waals surface area contributed by atoms with Gasteiger partial charge in [0.2, 0.25) is 10.0 Å². The SMILES string of the molecule is Cc1ccc(S(=O)(=O)N(C)CC(=O)NNC(=O)c2sc(C(C)C)nc2C)cc1. The Hall–Kier alpha value is -2.30. The van der Waals surface area contributed by atoms with Crippen molar-refractivity contribution in [3.05, 3.63) is 45.4 Å². The second-order valence-corrected chi connectivity index (χ2v) is 9.77. The summed E-state index contributed by atoms with van der Waals surface area (Å²) < 4.78 is 25.9. The number of nitrogens with zero attached hydrogens (tertiary/aromatic N) is 2. The number of rotatable bonds is 6. The van der Waals surface area contributed by atoms with Crippen molar-refractivity contribution in [2.24, 2.45) is 0 Å². The van der Waals surface area contributed by atoms with E-state index in [1.165, 1.54) is 30.5 Å². The van der Waals surface area contributed by atoms with Crippen molar-refractivity contribution in [2.45, 2.75) is 38.5 Å². The van der Waals surface area contributed by atoms with Crippen LogP contribution in [0.15, 0.2) is 29.2 Å². The van der Waals surface area contributed by atoms with Crippen LogP contribution in [0.5, 0.6) is 0 Å². The normalized spacial score (nSPS) is 11.7. The second kappa shape index (κ2) is 8.80. The molecule has 0 saturated carbocycles. The highest BCUT2D eigenvalue weighted by atomic mass is 32.2. The zero-order valence-corrected chi connectivity index (χ0v) is 18.1. The van der Waals surface area contributed by atoms with E-state index in [0.29, 0.717) is 10.6 Å². The standard InChI is InChI=1S/C18H24N4O4S2/c1-11(2)18-19-13(4)16(27-18)17(24)21-20-15(23)10-22(5)28(25,26)14-8-6-12(3)7-9-14/h6-9,11H,10H2,1-5H3,(H,20,23)(H,21,24). The molecule has 10 heteroatoms. The minimum Gasteiger partial charge on any atom is -0.272 e. The van der Waals surface area contributed by atoms with Crippen molar-refractivity contribution in [2.75, 3.05) is 13.6 Å². The van der Waals surface area contributed by atoms with E-state index < -0.39 is 28.4 Å². The number of aromatic nitrogens is 1. The van der Waals surface area contributed by atoms with E-state index in [2.05, 4.69) is 15.8 Å². The summed E-state index contributed by atoms with van der Waals surface area (Å²) in [5, 5.41) is 0.831. The maximum atomic E-state index is 12.5. The third-order valence-corrected chi connectivity index (χ3v) is 7.20. The smallest absolute Gasteiger partial charge is 0.272 e. The van der Waals surface area contributed by atoms with Gasteiger partial charge in [-0.05, 0) is 26.0 Å². The molecule has 1 aromatic heterocycles. The lowest BCUT2D eigenvalue weighted by molar-refractivity contribution is -0.121. The third-order valence-electron chi connectivity index (χ3n) is 3.92. The van der Waals surface area contributed by atoms with Gasteiger partial charge in [-0.25, -0.2) is 13.4 Å². The van der Waals surface area contributed by atoms with Crippen LogP contribution in [-0.2, 0) is 14.8 Å². The molecule has 0 atom stereocenters. The van der Waals surface area contributed by atoms with Gasteiger partial charge < -0.3 is 0 Å². The van der Waals surface area contributed by atoms with E-state index in [1.807, 2.05) is 20.8 Å². The first-order valence-corrected chi connectivity index (χ1v) is 10.9. The number of amides is 2. The number of likely N-dealkylation sites (N-methyl/N-ethyl adjacent to an activating group) is 1. The molecule has 0 saturated heterocycles. The average molecular weight is 425 g/mol. The summed E-state index contributed by atoms with van der Waals surface area (Å²) in [5.74, 6) is -0.947. The number of aryl methyl sites for hydroxylation is 2. The first-order chi connectivity index (χ1) is 13.0. The molecule has 1 heterocycles. The Labute approximate surface area is 169 Å². The maximum Gasteiger partial charge on any atom is 0.281 e. The Morgan fingerprint density at radius 2 is 1.75 bits per heavy atom. The molecule has 2 N–H and O–H groups in total. The molecule has 2 amide bonds. The van der Waals surface area contributed by atoms with E-state index in [-0.39, 0.29) is 10.8 Å². The molecular formula is C18H24N4O4S2. The zero-order chi connectivity index (χ0) is 21.1. The third kappa shape index (κ3) is 5.15. The molecule has 0 aliphatic carbocycles. The van der Waals surface area contributed by atoms with Gasteiger partial charge in [0.25, 0.3) is 11.8 Å². The van der Waals surface area contributed by atoms with Crippen LogP contribution in [0.4, 0.5) is 0 Å². The Bertz CT molecular complexity index is 966. The molecule has 2 aromatic rings. The predicted octanol–water partition coefficient (Wildman–Crippen LogP) is 1.97. The fourth-order valence-corrected chi connectivity index (χ4v) is 4.37. The van der Waals surface area contributed by atoms with Crippen molar-refractivity contribution >= 4 is 33.2 Å². The molecule has 0 bridgehead atoms. The summed E-state index contributed by atoms with van der Waals surface area (Å²) in [6.45, 7) is 7.10. The van der Waals surface area contributed by atoms with Crippen LogP contribution in [0.1, 0.15) is 45.7 Å². The summed E-state index contributed by atoms with van der Waals surface area (Å²) >= 11 is 1.26. The highest BCUT2D eigenvalue weighted by Gasteiger charge is 2.23. The Morgan fingerprint density at radius 1 is 1.14 bits per heavy atom. The summed E-state index contributed by atoms with van der Waals surface area (Å²) in [6, 6.07) is 6.34. The van der Waals surface area contributed by atoms with Crippen LogP contribution in [0, 0.1) is 13.8 Å². The molecule has 0 unspecified atom stereocenters. The van der Waals surface area contributed by atoms with Gasteiger partial charge in [-0.1, -0.05) is 31.5 Å². The summed E-state index contributed by atoms with van der Waals surface area (Å²) in [5.41, 5.74) is 6.07. The Morgan fingerprint density at radius 3 is 2.29 bits per heavy atom. The topological polar surface area (TPSA) is 108 Å². The molecule has 0 radical (unpaired) electrons. The lowest BCUT2D eigenvalue weighted by atomic mass is 10.2. The summed E-state index contributed by atoms with van der Waals surface area (Å²) in [4.78, 5) is 29.2. The summed E-state index contributed by atoms with van der Waals surface area (Å²) in [6.07, 6.45) is 0. The average Bonchev–Trinajstić information content (AvgIpc) is 3.02. The molecule has 28 heavy (non-hydrogen) atoms. The van der Waals surface area contributed by atoms with E-state index >= 15 is 0 Å². The van der Waals surface area contributed by atoms with Crippen LogP contribution in [0.2, 0.25) is 0 Å². The molecule has 0 fully saturated rings. The molecule has 0 aliphatic heterocycles. The number of benzene rings is 1. The van der Waals surface area contributed by atoms with Crippen molar-refractivity contribution < 1.29 is 18.0 Å². The quantitative estimate of drug-likeness (QED) is 0.689. The first-order valence-electron chi connectivity index (χ1n) is 8.62. The highest BCUT2D eigenvalue weighted by Crippen LogP contribution is 2.24. The van der Waals surface area contributed by atoms with Gasteiger partial charge >= 0.3 is 0 Å². The van der Waals surface area contributed by atoms with Crippen LogP contribution in [-0.4, -0.2) is 43.1 Å². The maximum absolute atomic E-state index is 12.5. The lowest BCUT2D eigenvalue weighted by Gasteiger charge is -2.17. The Balaban J connectivity index is 1.96. The number of nitrogens with one attached hydrogen (secondary N) is 2. The largest absolute Gasteiger partial charge is 0.281 e. The number of hydrazine groups is 1. The molecule has 8 nitrogen and oxygen atoms in total. The van der Waals surface area contributed by atoms with Gasteiger partial charge in [0, 0.05) is 13.0 Å². The number of carbonyl (C=O) groups excluding carboxylic acids is 2. The fourth-order valence-electron chi connectivity index (χ4n) is 2.28. The van der Waals surface area contributed by atoms with E-state index in [0.717, 1.165) is 14.9 Å². The second-order valence-electron chi connectivity index (χ2n) is 6.70.